The highest BCUT2D eigenvalue weighted by atomic mass is 35.5. The molecule has 114 valence electrons. The van der Waals surface area contributed by atoms with Gasteiger partial charge in [0, 0.05) is 17.7 Å². The fraction of sp³-hybridized carbons (Fsp3) is 0.500. The van der Waals surface area contributed by atoms with Crippen molar-refractivity contribution in [1.29, 1.82) is 0 Å². The van der Waals surface area contributed by atoms with Gasteiger partial charge in [0.15, 0.2) is 9.84 Å². The van der Waals surface area contributed by atoms with Crippen molar-refractivity contribution in [3.63, 3.8) is 0 Å². The van der Waals surface area contributed by atoms with Gasteiger partial charge in [0.25, 0.3) is 0 Å². The number of sulfone groups is 1. The second-order valence-corrected chi connectivity index (χ2v) is 8.34. The highest BCUT2D eigenvalue weighted by Crippen LogP contribution is 2.39. The molecule has 0 aliphatic carbocycles. The topological polar surface area (TPSA) is 63.2 Å². The first-order chi connectivity index (χ1) is 9.85. The number of fused-ring (bicyclic) bond motifs is 1. The van der Waals surface area contributed by atoms with Gasteiger partial charge >= 0.3 is 0 Å². The van der Waals surface area contributed by atoms with E-state index in [2.05, 4.69) is 5.32 Å². The smallest absolute Gasteiger partial charge is 0.224 e. The Hall–Kier alpha value is -1.14. The number of halogens is 2. The largest absolute Gasteiger partial charge is 0.326 e. The predicted octanol–water partition coefficient (Wildman–Crippen LogP) is 2.42. The van der Waals surface area contributed by atoms with Crippen molar-refractivity contribution in [3.05, 3.63) is 29.1 Å². The predicted molar refractivity (Wildman–Crippen MR) is 78.7 cm³/mol. The van der Waals surface area contributed by atoms with E-state index in [4.69, 9.17) is 11.6 Å². The summed E-state index contributed by atoms with van der Waals surface area (Å²) in [5.74, 6) is -0.764. The zero-order valence-corrected chi connectivity index (χ0v) is 12.8. The van der Waals surface area contributed by atoms with Crippen LogP contribution in [-0.2, 0) is 21.1 Å². The Kier molecular flexibility index (Phi) is 3.69. The number of amides is 1. The fourth-order valence-electron chi connectivity index (χ4n) is 2.94. The quantitative estimate of drug-likeness (QED) is 0.847. The second-order valence-electron chi connectivity index (χ2n) is 5.64. The van der Waals surface area contributed by atoms with Crippen LogP contribution >= 0.6 is 11.6 Å². The second kappa shape index (κ2) is 5.25. The van der Waals surface area contributed by atoms with Crippen LogP contribution in [0.5, 0.6) is 0 Å². The molecule has 0 spiro atoms. The van der Waals surface area contributed by atoms with Gasteiger partial charge in [0.1, 0.15) is 5.82 Å². The number of aryl methyl sites for hydroxylation is 1. The molecule has 7 heteroatoms. The third-order valence-electron chi connectivity index (χ3n) is 4.10. The van der Waals surface area contributed by atoms with Gasteiger partial charge in [-0.1, -0.05) is 0 Å². The minimum absolute atomic E-state index is 0.00836. The van der Waals surface area contributed by atoms with Gasteiger partial charge in [-0.05, 0) is 36.5 Å². The van der Waals surface area contributed by atoms with Crippen LogP contribution in [0.3, 0.4) is 0 Å². The van der Waals surface area contributed by atoms with Gasteiger partial charge in [-0.2, -0.15) is 0 Å². The standard InChI is InChI=1S/C14H15ClFNO3S/c15-14(9-3-4-21(19,20)7-9)10-5-8-1-2-13(18)17-12(8)6-11(10)16/h5-6,9,14H,1-4,7H2,(H,17,18). The molecule has 1 N–H and O–H groups in total. The molecule has 0 bridgehead atoms. The lowest BCUT2D eigenvalue weighted by molar-refractivity contribution is -0.116. The Morgan fingerprint density at radius 2 is 2.10 bits per heavy atom. The lowest BCUT2D eigenvalue weighted by atomic mass is 9.93. The number of anilines is 1. The summed E-state index contributed by atoms with van der Waals surface area (Å²) in [7, 11) is -3.05. The highest BCUT2D eigenvalue weighted by Gasteiger charge is 2.35. The Morgan fingerprint density at radius 1 is 1.33 bits per heavy atom. The number of hydrogen-bond acceptors (Lipinski definition) is 3. The molecular formula is C14H15ClFNO3S. The van der Waals surface area contributed by atoms with E-state index in [-0.39, 0.29) is 23.3 Å². The fourth-order valence-corrected chi connectivity index (χ4v) is 5.27. The first-order valence-corrected chi connectivity index (χ1v) is 9.08. The summed E-state index contributed by atoms with van der Waals surface area (Å²) in [6, 6.07) is 2.94. The first-order valence-electron chi connectivity index (χ1n) is 6.82. The zero-order valence-electron chi connectivity index (χ0n) is 11.2. The molecule has 1 aromatic rings. The van der Waals surface area contributed by atoms with Crippen LogP contribution in [0, 0.1) is 11.7 Å². The molecule has 1 fully saturated rings. The molecule has 2 aliphatic heterocycles. The summed E-state index contributed by atoms with van der Waals surface area (Å²) >= 11 is 6.32. The van der Waals surface area contributed by atoms with E-state index in [1.807, 2.05) is 0 Å². The lowest BCUT2D eigenvalue weighted by Crippen LogP contribution is -2.20. The average molecular weight is 332 g/mol. The summed E-state index contributed by atoms with van der Waals surface area (Å²) < 4.78 is 37.3. The molecule has 0 radical (unpaired) electrons. The van der Waals surface area contributed by atoms with E-state index < -0.39 is 21.0 Å². The number of alkyl halides is 1. The van der Waals surface area contributed by atoms with Gasteiger partial charge in [-0.15, -0.1) is 11.6 Å². The van der Waals surface area contributed by atoms with E-state index in [1.54, 1.807) is 6.07 Å². The third-order valence-corrected chi connectivity index (χ3v) is 6.48. The molecule has 2 unspecified atom stereocenters. The van der Waals surface area contributed by atoms with Gasteiger partial charge in [0.05, 0.1) is 16.9 Å². The molecule has 2 aliphatic rings. The minimum Gasteiger partial charge on any atom is -0.326 e. The van der Waals surface area contributed by atoms with Crippen LogP contribution in [0.15, 0.2) is 12.1 Å². The maximum Gasteiger partial charge on any atom is 0.224 e. The van der Waals surface area contributed by atoms with Crippen LogP contribution in [0.25, 0.3) is 0 Å². The number of rotatable bonds is 2. The van der Waals surface area contributed by atoms with Crippen LogP contribution < -0.4 is 5.32 Å². The van der Waals surface area contributed by atoms with Crippen molar-refractivity contribution < 1.29 is 17.6 Å². The summed E-state index contributed by atoms with van der Waals surface area (Å²) in [6.45, 7) is 0. The van der Waals surface area contributed by atoms with E-state index in [9.17, 15) is 17.6 Å². The third kappa shape index (κ3) is 2.92. The lowest BCUT2D eigenvalue weighted by Gasteiger charge is -2.22. The van der Waals surface area contributed by atoms with Gasteiger partial charge < -0.3 is 5.32 Å². The number of carbonyl (C=O) groups is 1. The zero-order chi connectivity index (χ0) is 15.2. The molecule has 0 aromatic heterocycles. The van der Waals surface area contributed by atoms with Crippen LogP contribution in [0.1, 0.15) is 29.3 Å². The van der Waals surface area contributed by atoms with E-state index >= 15 is 0 Å². The normalized spacial score (nSPS) is 25.2. The molecule has 2 atom stereocenters. The maximum atomic E-state index is 14.2. The highest BCUT2D eigenvalue weighted by molar-refractivity contribution is 7.91. The summed E-state index contributed by atoms with van der Waals surface area (Å²) in [4.78, 5) is 11.3. The summed E-state index contributed by atoms with van der Waals surface area (Å²) in [5.41, 5.74) is 1.65. The number of carbonyl (C=O) groups excluding carboxylic acids is 1. The molecule has 0 saturated carbocycles. The summed E-state index contributed by atoms with van der Waals surface area (Å²) in [5, 5.41) is 1.97. The molecule has 2 heterocycles. The number of nitrogens with one attached hydrogen (secondary N) is 1. The average Bonchev–Trinajstić information content (AvgIpc) is 2.77. The summed E-state index contributed by atoms with van der Waals surface area (Å²) in [6.07, 6.45) is 1.37. The van der Waals surface area contributed by atoms with Crippen molar-refractivity contribution in [1.82, 2.24) is 0 Å². The van der Waals surface area contributed by atoms with Crippen LogP contribution in [0.2, 0.25) is 0 Å². The van der Waals surface area contributed by atoms with Crippen molar-refractivity contribution in [3.8, 4) is 0 Å². The SMILES string of the molecule is O=C1CCc2cc(C(Cl)C3CCS(=O)(=O)C3)c(F)cc2N1. The monoisotopic (exact) mass is 331 g/mol. The Balaban J connectivity index is 1.90. The van der Waals surface area contributed by atoms with Crippen LogP contribution in [-0.4, -0.2) is 25.8 Å². The van der Waals surface area contributed by atoms with Crippen molar-refractivity contribution in [2.24, 2.45) is 5.92 Å². The van der Waals surface area contributed by atoms with E-state index in [0.717, 1.165) is 5.56 Å². The molecule has 21 heavy (non-hydrogen) atoms. The van der Waals surface area contributed by atoms with Crippen LogP contribution in [0.4, 0.5) is 10.1 Å². The van der Waals surface area contributed by atoms with Gasteiger partial charge in [-0.25, -0.2) is 12.8 Å². The molecular weight excluding hydrogens is 317 g/mol. The van der Waals surface area contributed by atoms with E-state index in [1.165, 1.54) is 6.07 Å². The number of hydrogen-bond donors (Lipinski definition) is 1. The first kappa shape index (κ1) is 14.8. The molecule has 1 amide bonds. The van der Waals surface area contributed by atoms with Gasteiger partial charge in [-0.3, -0.25) is 4.79 Å². The Labute approximate surface area is 127 Å². The van der Waals surface area contributed by atoms with Gasteiger partial charge in [0.2, 0.25) is 5.91 Å². The van der Waals surface area contributed by atoms with Crippen molar-refractivity contribution in [2.75, 3.05) is 16.8 Å². The number of benzene rings is 1. The Bertz CT molecular complexity index is 704. The van der Waals surface area contributed by atoms with Crippen molar-refractivity contribution in [2.45, 2.75) is 24.6 Å². The van der Waals surface area contributed by atoms with E-state index in [0.29, 0.717) is 30.5 Å². The van der Waals surface area contributed by atoms with Crippen molar-refractivity contribution >= 4 is 33.0 Å². The minimum atomic E-state index is -3.05. The Morgan fingerprint density at radius 3 is 2.76 bits per heavy atom. The molecule has 3 rings (SSSR count). The molecule has 1 saturated heterocycles. The molecule has 4 nitrogen and oxygen atoms in total. The maximum absolute atomic E-state index is 14.2. The molecule has 1 aromatic carbocycles.